The van der Waals surface area contributed by atoms with Crippen LogP contribution in [-0.2, 0) is 16.8 Å². The molecule has 2 atom stereocenters. The highest BCUT2D eigenvalue weighted by Crippen LogP contribution is 2.46. The summed E-state index contributed by atoms with van der Waals surface area (Å²) in [4.78, 5) is 25.3. The summed E-state index contributed by atoms with van der Waals surface area (Å²) in [6.07, 6.45) is 1.07. The van der Waals surface area contributed by atoms with Gasteiger partial charge in [-0.05, 0) is 36.6 Å². The molecule has 4 rings (SSSR count). The van der Waals surface area contributed by atoms with Crippen LogP contribution in [-0.4, -0.2) is 16.8 Å². The molecule has 2 aromatic rings. The molecule has 2 unspecified atom stereocenters. The molecule has 1 amide bonds. The van der Waals surface area contributed by atoms with Crippen LogP contribution in [0.1, 0.15) is 27.9 Å². The van der Waals surface area contributed by atoms with Crippen LogP contribution in [0, 0.1) is 5.92 Å². The lowest BCUT2D eigenvalue weighted by Gasteiger charge is -2.33. The Morgan fingerprint density at radius 1 is 1.17 bits per heavy atom. The van der Waals surface area contributed by atoms with E-state index in [1.807, 2.05) is 12.1 Å². The number of carbonyl (C=O) groups is 2. The van der Waals surface area contributed by atoms with Gasteiger partial charge in [0.25, 0.3) is 5.91 Å². The summed E-state index contributed by atoms with van der Waals surface area (Å²) in [5, 5.41) is 14.2. The minimum atomic E-state index is -1.87. The maximum atomic E-state index is 12.9. The van der Waals surface area contributed by atoms with Gasteiger partial charge in [0.15, 0.2) is 11.4 Å². The Bertz CT molecular complexity index is 848. The van der Waals surface area contributed by atoms with Crippen molar-refractivity contribution >= 4 is 29.0 Å². The lowest BCUT2D eigenvalue weighted by Crippen LogP contribution is -2.47. The smallest absolute Gasteiger partial charge is 0.261 e. The first-order valence-corrected chi connectivity index (χ1v) is 7.85. The Balaban J connectivity index is 1.84. The maximum Gasteiger partial charge on any atom is 0.261 e. The van der Waals surface area contributed by atoms with E-state index in [4.69, 9.17) is 11.6 Å². The van der Waals surface area contributed by atoms with Gasteiger partial charge in [-0.1, -0.05) is 35.9 Å². The third kappa shape index (κ3) is 1.95. The van der Waals surface area contributed by atoms with E-state index in [2.05, 4.69) is 5.32 Å². The van der Waals surface area contributed by atoms with E-state index in [1.165, 1.54) is 0 Å². The van der Waals surface area contributed by atoms with Crippen molar-refractivity contribution in [2.24, 2.45) is 5.92 Å². The highest BCUT2D eigenvalue weighted by molar-refractivity contribution is 6.31. The molecular formula is C18H14ClNO3. The van der Waals surface area contributed by atoms with Crippen LogP contribution >= 0.6 is 11.6 Å². The standard InChI is InChI=1S/C18H14ClNO3/c19-11-6-8-15-14(9-11)18(23,17(22)20-15)13-7-5-10-3-1-2-4-12(10)16(13)21/h1-4,6,8-9,13,23H,5,7H2,(H,20,22). The highest BCUT2D eigenvalue weighted by Gasteiger charge is 2.54. The number of ketones is 1. The molecule has 0 bridgehead atoms. The Kier molecular flexibility index (Phi) is 3.08. The average molecular weight is 328 g/mol. The topological polar surface area (TPSA) is 66.4 Å². The Morgan fingerprint density at radius 3 is 2.78 bits per heavy atom. The van der Waals surface area contributed by atoms with Gasteiger partial charge in [-0.2, -0.15) is 0 Å². The molecule has 2 aromatic carbocycles. The first-order chi connectivity index (χ1) is 11.0. The minimum Gasteiger partial charge on any atom is -0.375 e. The molecule has 0 spiro atoms. The number of fused-ring (bicyclic) bond motifs is 2. The number of aryl methyl sites for hydroxylation is 1. The quantitative estimate of drug-likeness (QED) is 0.846. The molecule has 1 heterocycles. The predicted octanol–water partition coefficient (Wildman–Crippen LogP) is 2.93. The highest BCUT2D eigenvalue weighted by atomic mass is 35.5. The number of amides is 1. The number of nitrogens with one attached hydrogen (secondary N) is 1. The Morgan fingerprint density at radius 2 is 1.96 bits per heavy atom. The van der Waals surface area contributed by atoms with Crippen molar-refractivity contribution in [3.63, 3.8) is 0 Å². The summed E-state index contributed by atoms with van der Waals surface area (Å²) in [5.41, 5.74) is 0.564. The fourth-order valence-corrected chi connectivity index (χ4v) is 3.79. The van der Waals surface area contributed by atoms with Crippen molar-refractivity contribution in [1.82, 2.24) is 0 Å². The number of aliphatic hydroxyl groups is 1. The van der Waals surface area contributed by atoms with E-state index in [-0.39, 0.29) is 5.78 Å². The van der Waals surface area contributed by atoms with Gasteiger partial charge in [0, 0.05) is 21.8 Å². The van der Waals surface area contributed by atoms with Gasteiger partial charge in [-0.3, -0.25) is 9.59 Å². The third-order valence-corrected chi connectivity index (χ3v) is 5.03. The SMILES string of the molecule is O=C1c2ccccc2CCC1C1(O)C(=O)Nc2ccc(Cl)cc21. The second-order valence-corrected chi connectivity index (χ2v) is 6.46. The number of carbonyl (C=O) groups excluding carboxylic acids is 2. The van der Waals surface area contributed by atoms with Crippen molar-refractivity contribution in [2.45, 2.75) is 18.4 Å². The van der Waals surface area contributed by atoms with Crippen molar-refractivity contribution in [3.8, 4) is 0 Å². The number of Topliss-reactive ketones (excluding diaryl/α,β-unsaturated/α-hetero) is 1. The summed E-state index contributed by atoms with van der Waals surface area (Å²) in [6.45, 7) is 0. The average Bonchev–Trinajstić information content (AvgIpc) is 2.80. The summed E-state index contributed by atoms with van der Waals surface area (Å²) >= 11 is 6.02. The fourth-order valence-electron chi connectivity index (χ4n) is 3.62. The van der Waals surface area contributed by atoms with Crippen LogP contribution in [0.2, 0.25) is 5.02 Å². The van der Waals surface area contributed by atoms with E-state index in [9.17, 15) is 14.7 Å². The zero-order valence-electron chi connectivity index (χ0n) is 12.2. The Labute approximate surface area is 138 Å². The molecule has 2 N–H and O–H groups in total. The number of halogens is 1. The molecule has 2 aliphatic rings. The van der Waals surface area contributed by atoms with Crippen molar-refractivity contribution in [3.05, 3.63) is 64.2 Å². The molecule has 0 saturated heterocycles. The zero-order chi connectivity index (χ0) is 16.2. The fraction of sp³-hybridized carbons (Fsp3) is 0.222. The van der Waals surface area contributed by atoms with Crippen LogP contribution in [0.4, 0.5) is 5.69 Å². The molecule has 5 heteroatoms. The lowest BCUT2D eigenvalue weighted by molar-refractivity contribution is -0.138. The molecule has 4 nitrogen and oxygen atoms in total. The van der Waals surface area contributed by atoms with E-state index < -0.39 is 17.4 Å². The summed E-state index contributed by atoms with van der Waals surface area (Å²) < 4.78 is 0. The van der Waals surface area contributed by atoms with Crippen LogP contribution in [0.5, 0.6) is 0 Å². The maximum absolute atomic E-state index is 12.9. The molecule has 0 aromatic heterocycles. The number of rotatable bonds is 1. The van der Waals surface area contributed by atoms with Crippen molar-refractivity contribution < 1.29 is 14.7 Å². The van der Waals surface area contributed by atoms with Gasteiger partial charge in [0.2, 0.25) is 0 Å². The summed E-state index contributed by atoms with van der Waals surface area (Å²) in [6, 6.07) is 12.2. The molecule has 0 fully saturated rings. The summed E-state index contributed by atoms with van der Waals surface area (Å²) in [7, 11) is 0. The number of anilines is 1. The van der Waals surface area contributed by atoms with Gasteiger partial charge in [0.05, 0.1) is 5.92 Å². The van der Waals surface area contributed by atoms with Crippen LogP contribution < -0.4 is 5.32 Å². The number of hydrogen-bond acceptors (Lipinski definition) is 3. The van der Waals surface area contributed by atoms with Gasteiger partial charge in [-0.15, -0.1) is 0 Å². The van der Waals surface area contributed by atoms with Crippen LogP contribution in [0.15, 0.2) is 42.5 Å². The molecule has 0 saturated carbocycles. The van der Waals surface area contributed by atoms with E-state index in [1.54, 1.807) is 30.3 Å². The van der Waals surface area contributed by atoms with E-state index in [0.717, 1.165) is 5.56 Å². The molecule has 23 heavy (non-hydrogen) atoms. The zero-order valence-corrected chi connectivity index (χ0v) is 12.9. The van der Waals surface area contributed by atoms with E-state index >= 15 is 0 Å². The van der Waals surface area contributed by atoms with Gasteiger partial charge >= 0.3 is 0 Å². The normalized spacial score (nSPS) is 25.7. The molecule has 1 aliphatic heterocycles. The van der Waals surface area contributed by atoms with Crippen molar-refractivity contribution in [1.29, 1.82) is 0 Å². The molecule has 1 aliphatic carbocycles. The lowest BCUT2D eigenvalue weighted by atomic mass is 9.71. The van der Waals surface area contributed by atoms with Gasteiger partial charge in [-0.25, -0.2) is 0 Å². The predicted molar refractivity (Wildman–Crippen MR) is 86.6 cm³/mol. The second-order valence-electron chi connectivity index (χ2n) is 6.02. The third-order valence-electron chi connectivity index (χ3n) is 4.79. The first kappa shape index (κ1) is 14.4. The number of benzene rings is 2. The largest absolute Gasteiger partial charge is 0.375 e. The van der Waals surface area contributed by atoms with Crippen molar-refractivity contribution in [2.75, 3.05) is 5.32 Å². The summed E-state index contributed by atoms with van der Waals surface area (Å²) in [5.74, 6) is -1.57. The van der Waals surface area contributed by atoms with Crippen LogP contribution in [0.3, 0.4) is 0 Å². The van der Waals surface area contributed by atoms with E-state index in [0.29, 0.717) is 34.7 Å². The van der Waals surface area contributed by atoms with Gasteiger partial charge in [0.1, 0.15) is 0 Å². The number of hydrogen-bond donors (Lipinski definition) is 2. The monoisotopic (exact) mass is 327 g/mol. The molecular weight excluding hydrogens is 314 g/mol. The second kappa shape index (κ2) is 4.91. The minimum absolute atomic E-state index is 0.197. The Hall–Kier alpha value is -2.17. The van der Waals surface area contributed by atoms with Crippen LogP contribution in [0.25, 0.3) is 0 Å². The molecule has 0 radical (unpaired) electrons. The molecule has 116 valence electrons. The van der Waals surface area contributed by atoms with Gasteiger partial charge < -0.3 is 10.4 Å². The first-order valence-electron chi connectivity index (χ1n) is 7.48.